The highest BCUT2D eigenvalue weighted by molar-refractivity contribution is 5.69. The summed E-state index contributed by atoms with van der Waals surface area (Å²) in [5.74, 6) is -8.63. The Hall–Kier alpha value is -6.21. The van der Waals surface area contributed by atoms with E-state index in [0.717, 1.165) is 48.5 Å². The Bertz CT molecular complexity index is 1980. The van der Waals surface area contributed by atoms with Crippen LogP contribution in [-0.2, 0) is 91.3 Å². The Morgan fingerprint density at radius 2 is 0.921 bits per heavy atom. The number of benzene rings is 3. The van der Waals surface area contributed by atoms with E-state index in [4.69, 9.17) is 52.1 Å². The van der Waals surface area contributed by atoms with Crippen molar-refractivity contribution in [1.82, 2.24) is 0 Å². The van der Waals surface area contributed by atoms with Gasteiger partial charge in [-0.3, -0.25) is 33.6 Å². The zero-order chi connectivity index (χ0) is 45.9. The summed E-state index contributed by atoms with van der Waals surface area (Å²) in [6.45, 7) is 5.55. The number of carbonyl (C=O) groups is 7. The zero-order valence-corrected chi connectivity index (χ0v) is 35.7. The van der Waals surface area contributed by atoms with Crippen LogP contribution < -0.4 is 0 Å². The minimum absolute atomic E-state index is 0.461. The molecular formula is C45H50O18. The first kappa shape index (κ1) is 47.8. The van der Waals surface area contributed by atoms with Gasteiger partial charge in [-0.2, -0.15) is 0 Å². The molecule has 2 heterocycles. The van der Waals surface area contributed by atoms with Crippen LogP contribution in [0.25, 0.3) is 0 Å². The second-order valence-electron chi connectivity index (χ2n) is 14.6. The number of hydrogen-bond acceptors (Lipinski definition) is 18. The first-order valence-corrected chi connectivity index (χ1v) is 19.9. The van der Waals surface area contributed by atoms with Crippen LogP contribution in [0.3, 0.4) is 0 Å². The van der Waals surface area contributed by atoms with E-state index in [2.05, 4.69) is 0 Å². The molecule has 0 amide bonds. The number of rotatable bonds is 17. The lowest BCUT2D eigenvalue weighted by molar-refractivity contribution is -0.385. The van der Waals surface area contributed by atoms with E-state index in [1.165, 1.54) is 0 Å². The summed E-state index contributed by atoms with van der Waals surface area (Å²) in [6.07, 6.45) is -13.3. The Balaban J connectivity index is 1.70. The van der Waals surface area contributed by atoms with Gasteiger partial charge in [-0.15, -0.1) is 0 Å². The van der Waals surface area contributed by atoms with Crippen LogP contribution in [-0.4, -0.2) is 116 Å². The van der Waals surface area contributed by atoms with Gasteiger partial charge in [-0.1, -0.05) is 91.0 Å². The molecule has 0 saturated carbocycles. The summed E-state index contributed by atoms with van der Waals surface area (Å²) in [6, 6.07) is 27.8. The highest BCUT2D eigenvalue weighted by Gasteiger charge is 2.65. The fourth-order valence-electron chi connectivity index (χ4n) is 7.53. The van der Waals surface area contributed by atoms with Crippen LogP contribution in [0.2, 0.25) is 0 Å². The van der Waals surface area contributed by atoms with Gasteiger partial charge < -0.3 is 52.1 Å². The largest absolute Gasteiger partial charge is 0.463 e. The number of hydrogen-bond donors (Lipinski definition) is 0. The minimum Gasteiger partial charge on any atom is -0.463 e. The lowest BCUT2D eigenvalue weighted by Crippen LogP contribution is -2.66. The molecule has 18 heteroatoms. The minimum atomic E-state index is -2.51. The zero-order valence-electron chi connectivity index (χ0n) is 35.7. The van der Waals surface area contributed by atoms with Crippen molar-refractivity contribution >= 4 is 41.8 Å². The fraction of sp³-hybridized carbons (Fsp3) is 0.444. The van der Waals surface area contributed by atoms with Gasteiger partial charge in [0.15, 0.2) is 30.5 Å². The Kier molecular flexibility index (Phi) is 16.1. The topological polar surface area (TPSA) is 221 Å². The molecule has 0 spiro atoms. The molecule has 338 valence electrons. The van der Waals surface area contributed by atoms with Gasteiger partial charge in [-0.25, -0.2) is 0 Å². The highest BCUT2D eigenvalue weighted by atomic mass is 16.8. The summed E-state index contributed by atoms with van der Waals surface area (Å²) < 4.78 is 65.5. The van der Waals surface area contributed by atoms with E-state index >= 15 is 0 Å². The van der Waals surface area contributed by atoms with Gasteiger partial charge in [0.25, 0.3) is 0 Å². The van der Waals surface area contributed by atoms with Crippen LogP contribution in [0.1, 0.15) is 65.2 Å². The molecule has 0 aliphatic carbocycles. The molecule has 9 unspecified atom stereocenters. The SMILES string of the molecule is CC(=O)OCC1OC(COC(C)=O)(OC2OC(COC(c3ccccc3)(c3ccccc3)c3ccccc3)C(OC(C)=O)C(OC(C)=O)C2OC(C)=O)C(OC(C)=O)C1OC(C)=O. The average molecular weight is 879 g/mol. The first-order chi connectivity index (χ1) is 29.9. The van der Waals surface area contributed by atoms with Crippen molar-refractivity contribution in [3.63, 3.8) is 0 Å². The fourth-order valence-corrected chi connectivity index (χ4v) is 7.53. The Labute approximate surface area is 363 Å². The maximum absolute atomic E-state index is 12.9. The van der Waals surface area contributed by atoms with E-state index in [9.17, 15) is 33.6 Å². The van der Waals surface area contributed by atoms with E-state index in [1.54, 1.807) is 0 Å². The lowest BCUT2D eigenvalue weighted by Gasteiger charge is -2.47. The quantitative estimate of drug-likeness (QED) is 0.107. The van der Waals surface area contributed by atoms with Gasteiger partial charge in [0.2, 0.25) is 12.1 Å². The smallest absolute Gasteiger partial charge is 0.303 e. The molecule has 3 aromatic rings. The third kappa shape index (κ3) is 11.8. The molecule has 9 atom stereocenters. The second-order valence-corrected chi connectivity index (χ2v) is 14.6. The third-order valence-electron chi connectivity index (χ3n) is 9.79. The Morgan fingerprint density at radius 3 is 1.37 bits per heavy atom. The third-order valence-corrected chi connectivity index (χ3v) is 9.79. The number of ether oxygens (including phenoxy) is 11. The van der Waals surface area contributed by atoms with E-state index in [0.29, 0.717) is 16.7 Å². The molecule has 0 bridgehead atoms. The first-order valence-electron chi connectivity index (χ1n) is 19.9. The standard InChI is InChI=1S/C45H50O18/c1-26(46)53-23-37-39(57-29(4)49)42(60-32(7)52)44(62-37,25-54-27(2)47)63-43-41(59-31(6)51)40(58-30(5)50)38(56-28(3)48)36(61-43)24-55-45(33-17-11-8-12-18-33,34-19-13-9-14-20-34)35-21-15-10-16-22-35/h8-22,36-43H,23-25H2,1-7H3. The van der Waals surface area contributed by atoms with Crippen molar-refractivity contribution in [2.24, 2.45) is 0 Å². The number of carbonyl (C=O) groups excluding carboxylic acids is 7. The highest BCUT2D eigenvalue weighted by Crippen LogP contribution is 2.44. The predicted octanol–water partition coefficient (Wildman–Crippen LogP) is 3.62. The normalized spacial score (nSPS) is 25.4. The molecule has 3 aromatic carbocycles. The van der Waals surface area contributed by atoms with Gasteiger partial charge in [0.05, 0.1) is 6.61 Å². The van der Waals surface area contributed by atoms with Gasteiger partial charge in [0.1, 0.15) is 31.0 Å². The molecule has 2 aliphatic heterocycles. The summed E-state index contributed by atoms with van der Waals surface area (Å²) >= 11 is 0. The molecule has 63 heavy (non-hydrogen) atoms. The molecule has 2 saturated heterocycles. The molecular weight excluding hydrogens is 828 g/mol. The Morgan fingerprint density at radius 1 is 0.492 bits per heavy atom. The van der Waals surface area contributed by atoms with Crippen molar-refractivity contribution in [3.8, 4) is 0 Å². The molecule has 0 radical (unpaired) electrons. The van der Waals surface area contributed by atoms with Crippen LogP contribution in [0.15, 0.2) is 91.0 Å². The monoisotopic (exact) mass is 878 g/mol. The maximum Gasteiger partial charge on any atom is 0.303 e. The van der Waals surface area contributed by atoms with E-state index in [-0.39, 0.29) is 0 Å². The van der Waals surface area contributed by atoms with Crippen molar-refractivity contribution in [2.75, 3.05) is 19.8 Å². The number of esters is 7. The van der Waals surface area contributed by atoms with Crippen LogP contribution in [0, 0.1) is 0 Å². The summed E-state index contributed by atoms with van der Waals surface area (Å²) in [4.78, 5) is 88.2. The van der Waals surface area contributed by atoms with Gasteiger partial charge in [0, 0.05) is 48.5 Å². The molecule has 5 rings (SSSR count). The predicted molar refractivity (Wildman–Crippen MR) is 214 cm³/mol. The summed E-state index contributed by atoms with van der Waals surface area (Å²) in [7, 11) is 0. The average Bonchev–Trinajstić information content (AvgIpc) is 3.49. The molecule has 2 fully saturated rings. The molecule has 18 nitrogen and oxygen atoms in total. The maximum atomic E-state index is 12.9. The van der Waals surface area contributed by atoms with Gasteiger partial charge in [-0.05, 0) is 16.7 Å². The summed E-state index contributed by atoms with van der Waals surface area (Å²) in [5.41, 5.74) is 0.677. The molecule has 0 aromatic heterocycles. The summed E-state index contributed by atoms with van der Waals surface area (Å²) in [5, 5.41) is 0. The molecule has 2 aliphatic rings. The van der Waals surface area contributed by atoms with Crippen LogP contribution in [0.5, 0.6) is 0 Å². The van der Waals surface area contributed by atoms with E-state index in [1.807, 2.05) is 91.0 Å². The van der Waals surface area contributed by atoms with Crippen LogP contribution >= 0.6 is 0 Å². The second kappa shape index (κ2) is 21.2. The van der Waals surface area contributed by atoms with Crippen LogP contribution in [0.4, 0.5) is 0 Å². The van der Waals surface area contributed by atoms with Crippen molar-refractivity contribution in [2.45, 2.75) is 109 Å². The molecule has 0 N–H and O–H groups in total. The van der Waals surface area contributed by atoms with Crippen molar-refractivity contribution < 1.29 is 85.7 Å². The van der Waals surface area contributed by atoms with Crippen molar-refractivity contribution in [1.29, 1.82) is 0 Å². The van der Waals surface area contributed by atoms with Gasteiger partial charge >= 0.3 is 41.8 Å². The van der Waals surface area contributed by atoms with E-state index < -0.39 is 122 Å². The lowest BCUT2D eigenvalue weighted by atomic mass is 9.80. The van der Waals surface area contributed by atoms with Crippen molar-refractivity contribution in [3.05, 3.63) is 108 Å².